The highest BCUT2D eigenvalue weighted by Crippen LogP contribution is 2.30. The van der Waals surface area contributed by atoms with Gasteiger partial charge in [0.25, 0.3) is 0 Å². The quantitative estimate of drug-likeness (QED) is 0.704. The van der Waals surface area contributed by atoms with E-state index in [1.165, 1.54) is 12.8 Å². The second kappa shape index (κ2) is 4.30. The van der Waals surface area contributed by atoms with Crippen LogP contribution in [0.2, 0.25) is 0 Å². The van der Waals surface area contributed by atoms with Gasteiger partial charge in [0.1, 0.15) is 0 Å². The molecular weight excluding hydrogens is 178 g/mol. The van der Waals surface area contributed by atoms with Gasteiger partial charge < -0.3 is 9.59 Å². The molecule has 0 unspecified atom stereocenters. The average Bonchev–Trinajstić information content (AvgIpc) is 2.02. The molecule has 0 spiro atoms. The van der Waals surface area contributed by atoms with E-state index in [9.17, 15) is 4.79 Å². The van der Waals surface area contributed by atoms with Crippen LogP contribution in [0, 0.1) is 5.92 Å². The Hall–Kier alpha value is -0.570. The Balaban J connectivity index is 2.35. The summed E-state index contributed by atoms with van der Waals surface area (Å²) < 4.78 is 1.01. The summed E-state index contributed by atoms with van der Waals surface area (Å²) >= 11 is 0. The monoisotopic (exact) mass is 200 g/mol. The standard InChI is InChI=1S/C11H21NO2/c1-12(2,3)10-6-4-9(5-7-10)8-11(13)14/h9-10H,4-8H2,1-3H3/p+1. The summed E-state index contributed by atoms with van der Waals surface area (Å²) in [5, 5.41) is 8.69. The van der Waals surface area contributed by atoms with E-state index in [1.54, 1.807) is 0 Å². The van der Waals surface area contributed by atoms with Crippen molar-refractivity contribution in [2.75, 3.05) is 21.1 Å². The highest BCUT2D eigenvalue weighted by atomic mass is 16.4. The number of quaternary nitrogens is 1. The smallest absolute Gasteiger partial charge is 0.303 e. The zero-order valence-electron chi connectivity index (χ0n) is 9.49. The Morgan fingerprint density at radius 3 is 2.07 bits per heavy atom. The van der Waals surface area contributed by atoms with Crippen molar-refractivity contribution in [1.29, 1.82) is 0 Å². The number of aliphatic carboxylic acids is 1. The van der Waals surface area contributed by atoms with Gasteiger partial charge in [-0.25, -0.2) is 0 Å². The molecule has 1 fully saturated rings. The third kappa shape index (κ3) is 3.29. The van der Waals surface area contributed by atoms with E-state index in [4.69, 9.17) is 5.11 Å². The molecule has 1 saturated carbocycles. The molecule has 14 heavy (non-hydrogen) atoms. The van der Waals surface area contributed by atoms with Gasteiger partial charge in [-0.1, -0.05) is 0 Å². The van der Waals surface area contributed by atoms with Crippen molar-refractivity contribution in [3.05, 3.63) is 0 Å². The number of carbonyl (C=O) groups is 1. The first-order valence-electron chi connectivity index (χ1n) is 5.42. The topological polar surface area (TPSA) is 37.3 Å². The van der Waals surface area contributed by atoms with Crippen molar-refractivity contribution < 1.29 is 14.4 Å². The fraction of sp³-hybridized carbons (Fsp3) is 0.909. The SMILES string of the molecule is C[N+](C)(C)C1CCC(CC(=O)O)CC1. The van der Waals surface area contributed by atoms with Crippen LogP contribution in [-0.2, 0) is 4.79 Å². The summed E-state index contributed by atoms with van der Waals surface area (Å²) in [5.41, 5.74) is 0. The highest BCUT2D eigenvalue weighted by molar-refractivity contribution is 5.67. The molecule has 0 aliphatic heterocycles. The largest absolute Gasteiger partial charge is 0.481 e. The Morgan fingerprint density at radius 2 is 1.71 bits per heavy atom. The lowest BCUT2D eigenvalue weighted by molar-refractivity contribution is -0.897. The van der Waals surface area contributed by atoms with Gasteiger partial charge >= 0.3 is 5.97 Å². The van der Waals surface area contributed by atoms with Crippen LogP contribution in [0.15, 0.2) is 0 Å². The van der Waals surface area contributed by atoms with Crippen molar-refractivity contribution in [1.82, 2.24) is 0 Å². The minimum Gasteiger partial charge on any atom is -0.481 e. The minimum atomic E-state index is -0.640. The van der Waals surface area contributed by atoms with Crippen molar-refractivity contribution in [2.24, 2.45) is 5.92 Å². The Kier molecular flexibility index (Phi) is 3.53. The zero-order valence-corrected chi connectivity index (χ0v) is 9.49. The van der Waals surface area contributed by atoms with E-state index in [2.05, 4.69) is 21.1 Å². The zero-order chi connectivity index (χ0) is 10.8. The summed E-state index contributed by atoms with van der Waals surface area (Å²) in [6.45, 7) is 0. The summed E-state index contributed by atoms with van der Waals surface area (Å²) in [5.74, 6) is -0.214. The summed E-state index contributed by atoms with van der Waals surface area (Å²) in [6, 6.07) is 0.722. The summed E-state index contributed by atoms with van der Waals surface area (Å²) in [7, 11) is 6.67. The van der Waals surface area contributed by atoms with Crippen LogP contribution in [0.1, 0.15) is 32.1 Å². The van der Waals surface area contributed by atoms with Crippen LogP contribution in [0.5, 0.6) is 0 Å². The molecule has 1 aliphatic carbocycles. The fourth-order valence-electron chi connectivity index (χ4n) is 2.37. The van der Waals surface area contributed by atoms with Gasteiger partial charge in [0, 0.05) is 6.42 Å². The molecule has 1 rings (SSSR count). The van der Waals surface area contributed by atoms with E-state index in [0.717, 1.165) is 23.4 Å². The lowest BCUT2D eigenvalue weighted by Crippen LogP contribution is -2.46. The Labute approximate surface area is 86.3 Å². The maximum atomic E-state index is 10.5. The van der Waals surface area contributed by atoms with Crippen molar-refractivity contribution >= 4 is 5.97 Å². The number of carboxylic acid groups (broad SMARTS) is 1. The molecule has 1 N–H and O–H groups in total. The van der Waals surface area contributed by atoms with Crippen LogP contribution >= 0.6 is 0 Å². The molecule has 0 aromatic carbocycles. The first kappa shape index (κ1) is 11.5. The molecular formula is C11H22NO2+. The van der Waals surface area contributed by atoms with Gasteiger partial charge in [0.2, 0.25) is 0 Å². The molecule has 0 aromatic rings. The third-order valence-electron chi connectivity index (χ3n) is 3.38. The van der Waals surface area contributed by atoms with Crippen LogP contribution in [0.25, 0.3) is 0 Å². The number of rotatable bonds is 3. The van der Waals surface area contributed by atoms with E-state index in [1.807, 2.05) is 0 Å². The maximum Gasteiger partial charge on any atom is 0.303 e. The number of carboxylic acids is 1. The molecule has 3 nitrogen and oxygen atoms in total. The predicted molar refractivity (Wildman–Crippen MR) is 56.0 cm³/mol. The van der Waals surface area contributed by atoms with E-state index in [0.29, 0.717) is 12.3 Å². The van der Waals surface area contributed by atoms with Crippen LogP contribution in [0.4, 0.5) is 0 Å². The predicted octanol–water partition coefficient (Wildman–Crippen LogP) is 1.73. The Morgan fingerprint density at radius 1 is 1.21 bits per heavy atom. The van der Waals surface area contributed by atoms with Crippen LogP contribution in [0.3, 0.4) is 0 Å². The molecule has 0 aromatic heterocycles. The van der Waals surface area contributed by atoms with Gasteiger partial charge in [0.15, 0.2) is 0 Å². The lowest BCUT2D eigenvalue weighted by atomic mass is 9.83. The minimum absolute atomic E-state index is 0.365. The molecule has 3 heteroatoms. The van der Waals surface area contributed by atoms with Crippen LogP contribution < -0.4 is 0 Å². The lowest BCUT2D eigenvalue weighted by Gasteiger charge is -2.38. The number of hydrogen-bond acceptors (Lipinski definition) is 1. The van der Waals surface area contributed by atoms with Gasteiger partial charge in [0.05, 0.1) is 27.2 Å². The van der Waals surface area contributed by atoms with Gasteiger partial charge in [-0.2, -0.15) is 0 Å². The summed E-state index contributed by atoms with van der Waals surface area (Å²) in [6.07, 6.45) is 4.91. The van der Waals surface area contributed by atoms with Crippen molar-refractivity contribution in [2.45, 2.75) is 38.1 Å². The molecule has 0 saturated heterocycles. The van der Waals surface area contributed by atoms with Crippen molar-refractivity contribution in [3.8, 4) is 0 Å². The third-order valence-corrected chi connectivity index (χ3v) is 3.38. The molecule has 0 amide bonds. The molecule has 0 heterocycles. The highest BCUT2D eigenvalue weighted by Gasteiger charge is 2.30. The number of hydrogen-bond donors (Lipinski definition) is 1. The van der Waals surface area contributed by atoms with Gasteiger partial charge in [-0.05, 0) is 31.6 Å². The van der Waals surface area contributed by atoms with Crippen molar-refractivity contribution in [3.63, 3.8) is 0 Å². The average molecular weight is 200 g/mol. The number of nitrogens with zero attached hydrogens (tertiary/aromatic N) is 1. The molecule has 0 bridgehead atoms. The molecule has 1 aliphatic rings. The van der Waals surface area contributed by atoms with E-state index in [-0.39, 0.29) is 0 Å². The normalized spacial score (nSPS) is 28.8. The summed E-state index contributed by atoms with van der Waals surface area (Å²) in [4.78, 5) is 10.5. The van der Waals surface area contributed by atoms with Gasteiger partial charge in [-0.3, -0.25) is 4.79 Å². The first-order chi connectivity index (χ1) is 6.39. The van der Waals surface area contributed by atoms with E-state index >= 15 is 0 Å². The maximum absolute atomic E-state index is 10.5. The van der Waals surface area contributed by atoms with Crippen LogP contribution in [-0.4, -0.2) is 42.7 Å². The molecule has 0 radical (unpaired) electrons. The fourth-order valence-corrected chi connectivity index (χ4v) is 2.37. The van der Waals surface area contributed by atoms with E-state index < -0.39 is 5.97 Å². The Bertz CT molecular complexity index is 200. The van der Waals surface area contributed by atoms with Gasteiger partial charge in [-0.15, -0.1) is 0 Å². The second-order valence-corrected chi connectivity index (χ2v) is 5.39. The molecule has 82 valence electrons. The second-order valence-electron chi connectivity index (χ2n) is 5.39. The first-order valence-corrected chi connectivity index (χ1v) is 5.42. The molecule has 0 atom stereocenters.